The lowest BCUT2D eigenvalue weighted by Gasteiger charge is -2.20. The van der Waals surface area contributed by atoms with Crippen LogP contribution in [0.2, 0.25) is 0 Å². The third kappa shape index (κ3) is 4.96. The van der Waals surface area contributed by atoms with Crippen molar-refractivity contribution in [3.05, 3.63) is 84.2 Å². The second kappa shape index (κ2) is 9.11. The van der Waals surface area contributed by atoms with Crippen LogP contribution >= 0.6 is 11.8 Å². The SMILES string of the molecule is CSc1ccc(S(=O)(=O)N(C)c2ccc(C(=O)NCc3cccnc3)cc2)cc1. The van der Waals surface area contributed by atoms with Gasteiger partial charge in [0.05, 0.1) is 10.6 Å². The maximum Gasteiger partial charge on any atom is 0.264 e. The van der Waals surface area contributed by atoms with Gasteiger partial charge in [0, 0.05) is 36.4 Å². The third-order valence-electron chi connectivity index (χ3n) is 4.39. The van der Waals surface area contributed by atoms with Crippen LogP contribution in [-0.2, 0) is 16.6 Å². The number of nitrogens with one attached hydrogen (secondary N) is 1. The lowest BCUT2D eigenvalue weighted by molar-refractivity contribution is 0.0951. The van der Waals surface area contributed by atoms with Crippen LogP contribution in [0.3, 0.4) is 0 Å². The van der Waals surface area contributed by atoms with Gasteiger partial charge in [0.1, 0.15) is 0 Å². The molecule has 1 aromatic heterocycles. The summed E-state index contributed by atoms with van der Waals surface area (Å²) in [7, 11) is -2.18. The molecular formula is C21H21N3O3S2. The van der Waals surface area contributed by atoms with Gasteiger partial charge in [0.15, 0.2) is 0 Å². The van der Waals surface area contributed by atoms with Crippen LogP contribution in [0.15, 0.2) is 82.8 Å². The van der Waals surface area contributed by atoms with E-state index in [9.17, 15) is 13.2 Å². The molecule has 29 heavy (non-hydrogen) atoms. The average molecular weight is 428 g/mol. The number of benzene rings is 2. The molecule has 0 unspecified atom stereocenters. The molecule has 8 heteroatoms. The van der Waals surface area contributed by atoms with Crippen LogP contribution in [0.1, 0.15) is 15.9 Å². The smallest absolute Gasteiger partial charge is 0.264 e. The van der Waals surface area contributed by atoms with Crippen molar-refractivity contribution in [2.24, 2.45) is 0 Å². The van der Waals surface area contributed by atoms with Gasteiger partial charge in [0.25, 0.3) is 15.9 Å². The predicted octanol–water partition coefficient (Wildman–Crippen LogP) is 3.56. The molecule has 1 heterocycles. The van der Waals surface area contributed by atoms with Crippen LogP contribution in [0.25, 0.3) is 0 Å². The highest BCUT2D eigenvalue weighted by atomic mass is 32.2. The van der Waals surface area contributed by atoms with Crippen molar-refractivity contribution < 1.29 is 13.2 Å². The number of amides is 1. The molecule has 0 aliphatic rings. The molecule has 150 valence electrons. The Balaban J connectivity index is 1.70. The molecule has 0 fully saturated rings. The Morgan fingerprint density at radius 3 is 2.34 bits per heavy atom. The van der Waals surface area contributed by atoms with E-state index >= 15 is 0 Å². The Hall–Kier alpha value is -2.84. The monoisotopic (exact) mass is 427 g/mol. The normalized spacial score (nSPS) is 11.1. The van der Waals surface area contributed by atoms with E-state index in [1.54, 1.807) is 78.8 Å². The third-order valence-corrected chi connectivity index (χ3v) is 6.93. The average Bonchev–Trinajstić information content (AvgIpc) is 2.77. The molecule has 1 amide bonds. The van der Waals surface area contributed by atoms with Gasteiger partial charge in [-0.25, -0.2) is 8.42 Å². The number of hydrogen-bond donors (Lipinski definition) is 1. The summed E-state index contributed by atoms with van der Waals surface area (Å²) >= 11 is 1.55. The quantitative estimate of drug-likeness (QED) is 0.583. The van der Waals surface area contributed by atoms with Gasteiger partial charge in [-0.1, -0.05) is 6.07 Å². The first kappa shape index (κ1) is 20.9. The topological polar surface area (TPSA) is 79.4 Å². The van der Waals surface area contributed by atoms with Crippen LogP contribution in [0.5, 0.6) is 0 Å². The molecule has 0 saturated carbocycles. The van der Waals surface area contributed by atoms with Crippen LogP contribution in [0, 0.1) is 0 Å². The van der Waals surface area contributed by atoms with Gasteiger partial charge in [-0.05, 0) is 66.4 Å². The zero-order valence-electron chi connectivity index (χ0n) is 16.1. The van der Waals surface area contributed by atoms with Gasteiger partial charge in [0.2, 0.25) is 0 Å². The predicted molar refractivity (Wildman–Crippen MR) is 116 cm³/mol. The van der Waals surface area contributed by atoms with Gasteiger partial charge >= 0.3 is 0 Å². The van der Waals surface area contributed by atoms with Gasteiger partial charge < -0.3 is 5.32 Å². The van der Waals surface area contributed by atoms with E-state index in [4.69, 9.17) is 0 Å². The van der Waals surface area contributed by atoms with Crippen LogP contribution in [-0.4, -0.2) is 32.6 Å². The van der Waals surface area contributed by atoms with E-state index in [0.717, 1.165) is 10.5 Å². The molecule has 0 spiro atoms. The lowest BCUT2D eigenvalue weighted by atomic mass is 10.2. The fraction of sp³-hybridized carbons (Fsp3) is 0.143. The number of anilines is 1. The molecule has 0 saturated heterocycles. The first-order chi connectivity index (χ1) is 13.9. The zero-order chi connectivity index (χ0) is 20.9. The van der Waals surface area contributed by atoms with E-state index in [1.165, 1.54) is 11.4 Å². The number of pyridine rings is 1. The van der Waals surface area contributed by atoms with Gasteiger partial charge in [-0.15, -0.1) is 11.8 Å². The summed E-state index contributed by atoms with van der Waals surface area (Å²) in [5.74, 6) is -0.237. The number of aromatic nitrogens is 1. The summed E-state index contributed by atoms with van der Waals surface area (Å²) in [6.45, 7) is 0.370. The highest BCUT2D eigenvalue weighted by Gasteiger charge is 2.21. The molecular weight excluding hydrogens is 406 g/mol. The van der Waals surface area contributed by atoms with Crippen molar-refractivity contribution in [2.75, 3.05) is 17.6 Å². The molecule has 6 nitrogen and oxygen atoms in total. The Labute approximate surface area is 175 Å². The van der Waals surface area contributed by atoms with Crippen molar-refractivity contribution in [1.82, 2.24) is 10.3 Å². The summed E-state index contributed by atoms with van der Waals surface area (Å²) in [6, 6.07) is 16.9. The molecule has 3 rings (SSSR count). The van der Waals surface area contributed by atoms with Crippen molar-refractivity contribution >= 4 is 33.4 Å². The molecule has 0 bridgehead atoms. The molecule has 0 aliphatic carbocycles. The molecule has 0 atom stereocenters. The zero-order valence-corrected chi connectivity index (χ0v) is 17.7. The summed E-state index contributed by atoms with van der Waals surface area (Å²) < 4.78 is 26.9. The van der Waals surface area contributed by atoms with E-state index in [1.807, 2.05) is 12.3 Å². The lowest BCUT2D eigenvalue weighted by Crippen LogP contribution is -2.27. The molecule has 3 aromatic rings. The van der Waals surface area contributed by atoms with E-state index in [0.29, 0.717) is 17.8 Å². The summed E-state index contributed by atoms with van der Waals surface area (Å²) in [4.78, 5) is 17.5. The Morgan fingerprint density at radius 1 is 1.07 bits per heavy atom. The van der Waals surface area contributed by atoms with E-state index in [-0.39, 0.29) is 10.8 Å². The Bertz CT molecular complexity index is 1070. The van der Waals surface area contributed by atoms with Crippen molar-refractivity contribution in [3.8, 4) is 0 Å². The summed E-state index contributed by atoms with van der Waals surface area (Å²) in [5, 5.41) is 2.82. The summed E-state index contributed by atoms with van der Waals surface area (Å²) in [5.41, 5.74) is 1.83. The number of carbonyl (C=O) groups is 1. The number of rotatable bonds is 7. The highest BCUT2D eigenvalue weighted by Crippen LogP contribution is 2.24. The Kier molecular flexibility index (Phi) is 6.56. The van der Waals surface area contributed by atoms with Crippen molar-refractivity contribution in [1.29, 1.82) is 0 Å². The molecule has 1 N–H and O–H groups in total. The minimum atomic E-state index is -3.68. The largest absolute Gasteiger partial charge is 0.348 e. The van der Waals surface area contributed by atoms with Crippen molar-refractivity contribution in [2.45, 2.75) is 16.3 Å². The first-order valence-electron chi connectivity index (χ1n) is 8.82. The van der Waals surface area contributed by atoms with Crippen molar-refractivity contribution in [3.63, 3.8) is 0 Å². The molecule has 2 aromatic carbocycles. The maximum atomic E-state index is 12.8. The van der Waals surface area contributed by atoms with Gasteiger partial charge in [-0.2, -0.15) is 0 Å². The fourth-order valence-electron chi connectivity index (χ4n) is 2.65. The van der Waals surface area contributed by atoms with Crippen LogP contribution in [0.4, 0.5) is 5.69 Å². The highest BCUT2D eigenvalue weighted by molar-refractivity contribution is 7.98. The number of nitrogens with zero attached hydrogens (tertiary/aromatic N) is 2. The standard InChI is InChI=1S/C21H21N3O3S2/c1-24(29(26,27)20-11-9-19(28-2)10-12-20)18-7-5-17(6-8-18)21(25)23-15-16-4-3-13-22-14-16/h3-14H,15H2,1-2H3,(H,23,25). The second-order valence-corrected chi connectivity index (χ2v) is 9.09. The fourth-order valence-corrected chi connectivity index (χ4v) is 4.26. The number of sulfonamides is 1. The van der Waals surface area contributed by atoms with E-state index < -0.39 is 10.0 Å². The second-order valence-electron chi connectivity index (χ2n) is 6.24. The number of carbonyl (C=O) groups excluding carboxylic acids is 1. The number of thioether (sulfide) groups is 1. The van der Waals surface area contributed by atoms with Crippen LogP contribution < -0.4 is 9.62 Å². The molecule has 0 radical (unpaired) electrons. The first-order valence-corrected chi connectivity index (χ1v) is 11.5. The summed E-state index contributed by atoms with van der Waals surface area (Å²) in [6.07, 6.45) is 5.30. The molecule has 0 aliphatic heterocycles. The van der Waals surface area contributed by atoms with E-state index in [2.05, 4.69) is 10.3 Å². The number of hydrogen-bond acceptors (Lipinski definition) is 5. The maximum absolute atomic E-state index is 12.8. The van der Waals surface area contributed by atoms with Gasteiger partial charge in [-0.3, -0.25) is 14.1 Å². The Morgan fingerprint density at radius 2 is 1.76 bits per heavy atom. The minimum Gasteiger partial charge on any atom is -0.348 e. The minimum absolute atomic E-state index is 0.219.